The summed E-state index contributed by atoms with van der Waals surface area (Å²) >= 11 is 0. The van der Waals surface area contributed by atoms with Gasteiger partial charge >= 0.3 is 0 Å². The fourth-order valence-electron chi connectivity index (χ4n) is 1.17. The van der Waals surface area contributed by atoms with Crippen molar-refractivity contribution in [3.05, 3.63) is 11.8 Å². The van der Waals surface area contributed by atoms with Gasteiger partial charge in [0.1, 0.15) is 5.82 Å². The van der Waals surface area contributed by atoms with Crippen LogP contribution >= 0.6 is 0 Å². The molecule has 5 heteroatoms. The molecule has 1 amide bonds. The van der Waals surface area contributed by atoms with Crippen LogP contribution in [0.2, 0.25) is 0 Å². The molecule has 0 saturated heterocycles. The number of carbonyl (C=O) groups excluding carboxylic acids is 1. The Kier molecular flexibility index (Phi) is 3.85. The average molecular weight is 210 g/mol. The molecule has 0 aliphatic heterocycles. The van der Waals surface area contributed by atoms with Gasteiger partial charge in [-0.1, -0.05) is 13.8 Å². The quantitative estimate of drug-likeness (QED) is 0.760. The van der Waals surface area contributed by atoms with Gasteiger partial charge in [0, 0.05) is 25.6 Å². The molecule has 5 nitrogen and oxygen atoms in total. The number of hydrogen-bond donors (Lipinski definition) is 2. The molecule has 0 saturated carbocycles. The highest BCUT2D eigenvalue weighted by atomic mass is 16.2. The first-order valence-electron chi connectivity index (χ1n) is 5.12. The minimum atomic E-state index is -0.176. The number of rotatable bonds is 4. The molecule has 0 aromatic carbocycles. The minimum Gasteiger partial charge on any atom is -0.330 e. The van der Waals surface area contributed by atoms with E-state index in [1.807, 2.05) is 20.0 Å². The van der Waals surface area contributed by atoms with Crippen molar-refractivity contribution in [2.24, 2.45) is 18.7 Å². The molecule has 1 heterocycles. The highest BCUT2D eigenvalue weighted by molar-refractivity contribution is 5.91. The zero-order chi connectivity index (χ0) is 11.4. The summed E-state index contributed by atoms with van der Waals surface area (Å²) in [6.07, 6.45) is 0.857. The van der Waals surface area contributed by atoms with Crippen LogP contribution in [-0.4, -0.2) is 22.2 Å². The van der Waals surface area contributed by atoms with Gasteiger partial charge in [-0.25, -0.2) is 0 Å². The SMILES string of the molecule is CCc1cc(NC(=O)C(C)CN)n(C)n1. The first-order chi connectivity index (χ1) is 7.08. The summed E-state index contributed by atoms with van der Waals surface area (Å²) in [5.41, 5.74) is 6.38. The minimum absolute atomic E-state index is 0.0665. The van der Waals surface area contributed by atoms with Gasteiger partial charge in [-0.15, -0.1) is 0 Å². The molecule has 3 N–H and O–H groups in total. The molecular weight excluding hydrogens is 192 g/mol. The molecule has 0 bridgehead atoms. The van der Waals surface area contributed by atoms with Crippen molar-refractivity contribution in [2.75, 3.05) is 11.9 Å². The second kappa shape index (κ2) is 4.93. The van der Waals surface area contributed by atoms with E-state index in [9.17, 15) is 4.79 Å². The van der Waals surface area contributed by atoms with Crippen LogP contribution in [0.5, 0.6) is 0 Å². The number of nitrogens with zero attached hydrogens (tertiary/aromatic N) is 2. The lowest BCUT2D eigenvalue weighted by Crippen LogP contribution is -2.27. The monoisotopic (exact) mass is 210 g/mol. The summed E-state index contributed by atoms with van der Waals surface area (Å²) in [4.78, 5) is 11.6. The lowest BCUT2D eigenvalue weighted by molar-refractivity contribution is -0.119. The van der Waals surface area contributed by atoms with Crippen LogP contribution < -0.4 is 11.1 Å². The van der Waals surface area contributed by atoms with E-state index in [1.165, 1.54) is 0 Å². The fraction of sp³-hybridized carbons (Fsp3) is 0.600. The van der Waals surface area contributed by atoms with Crippen LogP contribution in [-0.2, 0) is 18.3 Å². The molecule has 1 atom stereocenters. The van der Waals surface area contributed by atoms with Crippen molar-refractivity contribution < 1.29 is 4.79 Å². The maximum Gasteiger partial charge on any atom is 0.229 e. The molecule has 15 heavy (non-hydrogen) atoms. The highest BCUT2D eigenvalue weighted by Crippen LogP contribution is 2.10. The van der Waals surface area contributed by atoms with E-state index in [0.717, 1.165) is 17.9 Å². The first kappa shape index (κ1) is 11.7. The molecule has 0 aliphatic rings. The second-order valence-corrected chi connectivity index (χ2v) is 3.62. The van der Waals surface area contributed by atoms with Crippen LogP contribution in [0, 0.1) is 5.92 Å². The Morgan fingerprint density at radius 3 is 2.87 bits per heavy atom. The number of aromatic nitrogens is 2. The van der Waals surface area contributed by atoms with Crippen LogP contribution in [0.4, 0.5) is 5.82 Å². The topological polar surface area (TPSA) is 72.9 Å². The van der Waals surface area contributed by atoms with Crippen molar-refractivity contribution in [3.8, 4) is 0 Å². The summed E-state index contributed by atoms with van der Waals surface area (Å²) in [6, 6.07) is 1.88. The van der Waals surface area contributed by atoms with E-state index >= 15 is 0 Å². The maximum absolute atomic E-state index is 11.6. The standard InChI is InChI=1S/C10H18N4O/c1-4-8-5-9(14(3)13-8)12-10(15)7(2)6-11/h5,7H,4,6,11H2,1-3H3,(H,12,15). The molecule has 0 fully saturated rings. The third-order valence-electron chi connectivity index (χ3n) is 2.35. The fourth-order valence-corrected chi connectivity index (χ4v) is 1.17. The normalized spacial score (nSPS) is 12.5. The summed E-state index contributed by atoms with van der Waals surface area (Å²) in [5, 5.41) is 7.04. The van der Waals surface area contributed by atoms with Gasteiger partial charge in [-0.05, 0) is 6.42 Å². The van der Waals surface area contributed by atoms with Gasteiger partial charge in [0.05, 0.1) is 5.69 Å². The van der Waals surface area contributed by atoms with E-state index in [1.54, 1.807) is 11.6 Å². The molecule has 1 rings (SSSR count). The van der Waals surface area contributed by atoms with Crippen molar-refractivity contribution in [1.29, 1.82) is 0 Å². The second-order valence-electron chi connectivity index (χ2n) is 3.62. The Hall–Kier alpha value is -1.36. The van der Waals surface area contributed by atoms with Gasteiger partial charge < -0.3 is 11.1 Å². The predicted molar refractivity (Wildman–Crippen MR) is 59.4 cm³/mol. The summed E-state index contributed by atoms with van der Waals surface area (Å²) < 4.78 is 1.67. The van der Waals surface area contributed by atoms with Crippen LogP contribution in [0.25, 0.3) is 0 Å². The predicted octanol–water partition coefficient (Wildman–Crippen LogP) is 0.516. The summed E-state index contributed by atoms with van der Waals surface area (Å²) in [6.45, 7) is 4.17. The zero-order valence-corrected chi connectivity index (χ0v) is 9.45. The van der Waals surface area contributed by atoms with E-state index < -0.39 is 0 Å². The summed E-state index contributed by atoms with van der Waals surface area (Å²) in [5.74, 6) is 0.477. The van der Waals surface area contributed by atoms with E-state index in [4.69, 9.17) is 5.73 Å². The van der Waals surface area contributed by atoms with Crippen molar-refractivity contribution in [1.82, 2.24) is 9.78 Å². The smallest absolute Gasteiger partial charge is 0.229 e. The molecule has 1 aromatic rings. The molecule has 1 unspecified atom stereocenters. The Balaban J connectivity index is 2.71. The van der Waals surface area contributed by atoms with Gasteiger partial charge in [0.15, 0.2) is 0 Å². The molecular formula is C10H18N4O. The van der Waals surface area contributed by atoms with E-state index in [-0.39, 0.29) is 11.8 Å². The van der Waals surface area contributed by atoms with Crippen LogP contribution in [0.3, 0.4) is 0 Å². The number of nitrogens with one attached hydrogen (secondary N) is 1. The lowest BCUT2D eigenvalue weighted by Gasteiger charge is -2.09. The third kappa shape index (κ3) is 2.79. The van der Waals surface area contributed by atoms with E-state index in [0.29, 0.717) is 6.54 Å². The Bertz CT molecular complexity index is 345. The Morgan fingerprint density at radius 2 is 2.40 bits per heavy atom. The van der Waals surface area contributed by atoms with Gasteiger partial charge in [0.25, 0.3) is 0 Å². The molecule has 0 spiro atoms. The average Bonchev–Trinajstić information content (AvgIpc) is 2.58. The molecule has 84 valence electrons. The van der Waals surface area contributed by atoms with E-state index in [2.05, 4.69) is 10.4 Å². The number of aryl methyl sites for hydroxylation is 2. The molecule has 1 aromatic heterocycles. The lowest BCUT2D eigenvalue weighted by atomic mass is 10.2. The first-order valence-corrected chi connectivity index (χ1v) is 5.12. The van der Waals surface area contributed by atoms with Crippen molar-refractivity contribution >= 4 is 11.7 Å². The number of carbonyl (C=O) groups is 1. The van der Waals surface area contributed by atoms with Crippen molar-refractivity contribution in [3.63, 3.8) is 0 Å². The third-order valence-corrected chi connectivity index (χ3v) is 2.35. The molecule has 0 radical (unpaired) electrons. The van der Waals surface area contributed by atoms with Gasteiger partial charge in [-0.2, -0.15) is 5.10 Å². The van der Waals surface area contributed by atoms with Crippen LogP contribution in [0.1, 0.15) is 19.5 Å². The van der Waals surface area contributed by atoms with Crippen LogP contribution in [0.15, 0.2) is 6.07 Å². The summed E-state index contributed by atoms with van der Waals surface area (Å²) in [7, 11) is 1.81. The van der Waals surface area contributed by atoms with Gasteiger partial charge in [-0.3, -0.25) is 9.48 Å². The highest BCUT2D eigenvalue weighted by Gasteiger charge is 2.13. The number of amides is 1. The van der Waals surface area contributed by atoms with Crippen molar-refractivity contribution in [2.45, 2.75) is 20.3 Å². The van der Waals surface area contributed by atoms with Gasteiger partial charge in [0.2, 0.25) is 5.91 Å². The number of anilines is 1. The maximum atomic E-state index is 11.6. The zero-order valence-electron chi connectivity index (χ0n) is 9.45. The Morgan fingerprint density at radius 1 is 1.73 bits per heavy atom. The Labute approximate surface area is 89.6 Å². The molecule has 0 aliphatic carbocycles. The number of nitrogens with two attached hydrogens (primary N) is 1. The largest absolute Gasteiger partial charge is 0.330 e. The number of hydrogen-bond acceptors (Lipinski definition) is 3.